The predicted octanol–water partition coefficient (Wildman–Crippen LogP) is 0.584. The lowest BCUT2D eigenvalue weighted by atomic mass is 10.1. The van der Waals surface area contributed by atoms with E-state index in [2.05, 4.69) is 4.98 Å². The number of rotatable bonds is 6. The Labute approximate surface area is 171 Å². The fourth-order valence-electron chi connectivity index (χ4n) is 3.63. The summed E-state index contributed by atoms with van der Waals surface area (Å²) in [5.74, 6) is 0.532. The Kier molecular flexibility index (Phi) is 5.75. The van der Waals surface area contributed by atoms with Crippen LogP contribution in [-0.2, 0) is 14.2 Å². The molecule has 2 saturated heterocycles. The van der Waals surface area contributed by atoms with Crippen molar-refractivity contribution in [3.05, 3.63) is 62.9 Å². The maximum atomic E-state index is 12.2. The molecule has 1 aromatic carbocycles. The third-order valence-corrected chi connectivity index (χ3v) is 5.35. The van der Waals surface area contributed by atoms with Crippen LogP contribution in [0.4, 0.5) is 5.69 Å². The number of aromatic nitrogens is 2. The summed E-state index contributed by atoms with van der Waals surface area (Å²) in [5, 5.41) is 9.67. The van der Waals surface area contributed by atoms with Crippen molar-refractivity contribution in [2.45, 2.75) is 30.8 Å². The minimum atomic E-state index is -0.819. The minimum Gasteiger partial charge on any atom is -0.394 e. The number of aliphatic hydroxyl groups excluding tert-OH is 1. The quantitative estimate of drug-likeness (QED) is 0.655. The number of nitrogens with one attached hydrogen (secondary N) is 1. The molecule has 156 valence electrons. The van der Waals surface area contributed by atoms with E-state index in [-0.39, 0.29) is 6.61 Å². The van der Waals surface area contributed by atoms with Crippen LogP contribution in [0.25, 0.3) is 0 Å². The van der Waals surface area contributed by atoms with E-state index in [0.717, 1.165) is 17.8 Å². The van der Waals surface area contributed by atoms with Crippen molar-refractivity contribution in [2.24, 2.45) is 0 Å². The predicted molar refractivity (Wildman–Crippen MR) is 105 cm³/mol. The van der Waals surface area contributed by atoms with E-state index in [1.54, 1.807) is 0 Å². The number of anilines is 1. The summed E-state index contributed by atoms with van der Waals surface area (Å²) in [7, 11) is 1.96. The Bertz CT molecular complexity index is 961. The molecule has 0 saturated carbocycles. The van der Waals surface area contributed by atoms with Gasteiger partial charge in [0.1, 0.15) is 18.3 Å². The van der Waals surface area contributed by atoms with Gasteiger partial charge >= 0.3 is 5.69 Å². The van der Waals surface area contributed by atoms with Gasteiger partial charge in [0.05, 0.1) is 6.61 Å². The maximum Gasteiger partial charge on any atom is 0.330 e. The minimum absolute atomic E-state index is 0.284. The van der Waals surface area contributed by atoms with Gasteiger partial charge in [-0.05, 0) is 12.1 Å². The number of fused-ring (bicyclic) bond motifs is 1. The van der Waals surface area contributed by atoms with E-state index in [4.69, 9.17) is 25.8 Å². The van der Waals surface area contributed by atoms with Crippen LogP contribution in [0.2, 0.25) is 0 Å². The van der Waals surface area contributed by atoms with Crippen LogP contribution >= 0.6 is 11.6 Å². The summed E-state index contributed by atoms with van der Waals surface area (Å²) in [4.78, 5) is 27.7. The summed E-state index contributed by atoms with van der Waals surface area (Å²) in [6.07, 6.45) is -1.94. The summed E-state index contributed by atoms with van der Waals surface area (Å²) < 4.78 is 19.1. The first-order valence-electron chi connectivity index (χ1n) is 9.27. The number of ether oxygens (including phenoxy) is 3. The lowest BCUT2D eigenvalue weighted by molar-refractivity contribution is -0.155. The van der Waals surface area contributed by atoms with E-state index in [1.807, 2.05) is 36.2 Å². The number of hydrogen-bond acceptors (Lipinski definition) is 7. The Morgan fingerprint density at radius 2 is 1.86 bits per heavy atom. The van der Waals surface area contributed by atoms with Gasteiger partial charge in [0.25, 0.3) is 5.56 Å². The summed E-state index contributed by atoms with van der Waals surface area (Å²) in [6, 6.07) is 8.94. The molecule has 0 spiro atoms. The molecule has 4 rings (SSSR count). The lowest BCUT2D eigenvalue weighted by Gasteiger charge is -2.22. The molecule has 29 heavy (non-hydrogen) atoms. The van der Waals surface area contributed by atoms with Crippen molar-refractivity contribution in [1.82, 2.24) is 9.55 Å². The Balaban J connectivity index is 1.55. The molecule has 2 aliphatic rings. The van der Waals surface area contributed by atoms with Crippen LogP contribution in [0.3, 0.4) is 0 Å². The molecule has 3 heterocycles. The SMILES string of the molecule is CN(CCCl)c1ccc(C2O[C@@H]3[C@H](O2)[C@@H](CO)O[C@H]3n2ccc(=O)[nH]c2=O)cc1. The highest BCUT2D eigenvalue weighted by atomic mass is 35.5. The Morgan fingerprint density at radius 3 is 2.52 bits per heavy atom. The van der Waals surface area contributed by atoms with E-state index in [9.17, 15) is 14.7 Å². The Hall–Kier alpha value is -2.17. The molecule has 0 amide bonds. The fourth-order valence-corrected chi connectivity index (χ4v) is 3.89. The number of aromatic amines is 1. The zero-order valence-corrected chi connectivity index (χ0v) is 16.5. The van der Waals surface area contributed by atoms with E-state index < -0.39 is 42.1 Å². The highest BCUT2D eigenvalue weighted by Crippen LogP contribution is 2.43. The van der Waals surface area contributed by atoms with Crippen molar-refractivity contribution in [3.63, 3.8) is 0 Å². The summed E-state index contributed by atoms with van der Waals surface area (Å²) in [5.41, 5.74) is 0.715. The van der Waals surface area contributed by atoms with Gasteiger partial charge in [0, 0.05) is 43.0 Å². The largest absolute Gasteiger partial charge is 0.394 e. The number of alkyl halides is 1. The smallest absolute Gasteiger partial charge is 0.330 e. The normalized spacial score (nSPS) is 28.4. The van der Waals surface area contributed by atoms with Crippen molar-refractivity contribution in [3.8, 4) is 0 Å². The highest BCUT2D eigenvalue weighted by Gasteiger charge is 2.53. The van der Waals surface area contributed by atoms with Crippen LogP contribution in [0, 0.1) is 0 Å². The molecule has 2 aliphatic heterocycles. The monoisotopic (exact) mass is 423 g/mol. The van der Waals surface area contributed by atoms with Gasteiger partial charge in [-0.2, -0.15) is 0 Å². The fraction of sp³-hybridized carbons (Fsp3) is 0.474. The maximum absolute atomic E-state index is 12.2. The molecule has 5 atom stereocenters. The van der Waals surface area contributed by atoms with Gasteiger partial charge < -0.3 is 24.2 Å². The van der Waals surface area contributed by atoms with Crippen molar-refractivity contribution in [2.75, 3.05) is 31.0 Å². The number of nitrogens with zero attached hydrogens (tertiary/aromatic N) is 2. The van der Waals surface area contributed by atoms with Gasteiger partial charge in [-0.3, -0.25) is 14.3 Å². The van der Waals surface area contributed by atoms with Crippen LogP contribution in [0.1, 0.15) is 18.1 Å². The molecule has 0 bridgehead atoms. The number of hydrogen-bond donors (Lipinski definition) is 2. The first kappa shape index (κ1) is 20.1. The summed E-state index contributed by atoms with van der Waals surface area (Å²) in [6.45, 7) is 0.445. The molecular weight excluding hydrogens is 402 g/mol. The lowest BCUT2D eigenvalue weighted by Crippen LogP contribution is -2.36. The molecular formula is C19H22ClN3O6. The molecule has 1 aromatic heterocycles. The van der Waals surface area contributed by atoms with Gasteiger partial charge in [-0.15, -0.1) is 11.6 Å². The first-order chi connectivity index (χ1) is 14.0. The summed E-state index contributed by atoms with van der Waals surface area (Å²) >= 11 is 5.79. The molecule has 0 radical (unpaired) electrons. The zero-order chi connectivity index (χ0) is 20.5. The van der Waals surface area contributed by atoms with Crippen molar-refractivity contribution in [1.29, 1.82) is 0 Å². The van der Waals surface area contributed by atoms with E-state index >= 15 is 0 Å². The average Bonchev–Trinajstić information content (AvgIpc) is 3.28. The van der Waals surface area contributed by atoms with Crippen molar-refractivity contribution >= 4 is 17.3 Å². The number of aliphatic hydroxyl groups is 1. The molecule has 2 N–H and O–H groups in total. The molecule has 2 aromatic rings. The number of halogens is 1. The average molecular weight is 424 g/mol. The van der Waals surface area contributed by atoms with Crippen LogP contribution in [0.15, 0.2) is 46.1 Å². The molecule has 0 aliphatic carbocycles. The second-order valence-corrected chi connectivity index (χ2v) is 7.38. The molecule has 10 heteroatoms. The Morgan fingerprint density at radius 1 is 1.14 bits per heavy atom. The van der Waals surface area contributed by atoms with Gasteiger partial charge in [0.2, 0.25) is 0 Å². The topological polar surface area (TPSA) is 106 Å². The van der Waals surface area contributed by atoms with Crippen LogP contribution in [0.5, 0.6) is 0 Å². The van der Waals surface area contributed by atoms with E-state index in [1.165, 1.54) is 16.8 Å². The second-order valence-electron chi connectivity index (χ2n) is 7.00. The third kappa shape index (κ3) is 3.84. The zero-order valence-electron chi connectivity index (χ0n) is 15.7. The second kappa shape index (κ2) is 8.29. The number of H-pyrrole nitrogens is 1. The van der Waals surface area contributed by atoms with Crippen LogP contribution in [-0.4, -0.2) is 59.0 Å². The van der Waals surface area contributed by atoms with Crippen molar-refractivity contribution < 1.29 is 19.3 Å². The highest BCUT2D eigenvalue weighted by molar-refractivity contribution is 6.18. The van der Waals surface area contributed by atoms with E-state index in [0.29, 0.717) is 5.88 Å². The first-order valence-corrected chi connectivity index (χ1v) is 9.81. The van der Waals surface area contributed by atoms with Gasteiger partial charge in [-0.1, -0.05) is 12.1 Å². The third-order valence-electron chi connectivity index (χ3n) is 5.18. The molecule has 9 nitrogen and oxygen atoms in total. The molecule has 2 fully saturated rings. The standard InChI is InChI=1S/C19H22ClN3O6/c1-22(9-7-20)12-4-2-11(3-5-12)18-28-15-13(10-24)27-17(16(15)29-18)23-8-6-14(25)21-19(23)26/h2-6,8,13,15-18,24H,7,9-10H2,1H3,(H,21,25,26)/t13-,15-,16-,17-,18?/m1/s1. The molecule has 1 unspecified atom stereocenters. The number of benzene rings is 1. The van der Waals surface area contributed by atoms with Gasteiger partial charge in [-0.25, -0.2) is 4.79 Å². The van der Waals surface area contributed by atoms with Crippen LogP contribution < -0.4 is 16.1 Å². The van der Waals surface area contributed by atoms with Gasteiger partial charge in [0.15, 0.2) is 12.5 Å².